The third kappa shape index (κ3) is 6.02. The molecule has 5 atom stereocenters. The van der Waals surface area contributed by atoms with E-state index in [0.717, 1.165) is 32.1 Å². The molecule has 0 N–H and O–H groups in total. The summed E-state index contributed by atoms with van der Waals surface area (Å²) in [5, 5.41) is 0. The number of hydrogen-bond acceptors (Lipinski definition) is 6. The van der Waals surface area contributed by atoms with Gasteiger partial charge in [0, 0.05) is 26.3 Å². The molecule has 2 aliphatic carbocycles. The highest BCUT2D eigenvalue weighted by molar-refractivity contribution is 5.67. The van der Waals surface area contributed by atoms with Gasteiger partial charge in [-0.2, -0.15) is 0 Å². The van der Waals surface area contributed by atoms with Gasteiger partial charge in [0.2, 0.25) is 0 Å². The lowest BCUT2D eigenvalue weighted by atomic mass is 9.46. The number of esters is 3. The van der Waals surface area contributed by atoms with E-state index in [1.165, 1.54) is 26.3 Å². The number of rotatable bonds is 8. The third-order valence-corrected chi connectivity index (χ3v) is 7.99. The molecule has 0 radical (unpaired) electrons. The van der Waals surface area contributed by atoms with Crippen molar-refractivity contribution in [1.82, 2.24) is 0 Å². The zero-order valence-electron chi connectivity index (χ0n) is 20.6. The fraction of sp³-hybridized carbons (Fsp3) is 0.731. The monoisotopic (exact) mass is 448 g/mol. The maximum Gasteiger partial charge on any atom is 0.303 e. The zero-order valence-corrected chi connectivity index (χ0v) is 20.6. The Kier molecular flexibility index (Phi) is 8.72. The summed E-state index contributed by atoms with van der Waals surface area (Å²) >= 11 is 0. The van der Waals surface area contributed by atoms with Gasteiger partial charge in [-0.25, -0.2) is 0 Å². The van der Waals surface area contributed by atoms with Crippen LogP contribution in [-0.4, -0.2) is 37.2 Å². The van der Waals surface area contributed by atoms with Crippen molar-refractivity contribution in [2.75, 3.05) is 13.2 Å². The van der Waals surface area contributed by atoms with Crippen LogP contribution in [-0.2, 0) is 28.6 Å². The van der Waals surface area contributed by atoms with E-state index < -0.39 is 18.0 Å². The van der Waals surface area contributed by atoms with E-state index in [0.29, 0.717) is 23.8 Å². The van der Waals surface area contributed by atoms with Gasteiger partial charge in [0.15, 0.2) is 0 Å². The van der Waals surface area contributed by atoms with Crippen LogP contribution in [0.4, 0.5) is 0 Å². The molecule has 2 rings (SSSR count). The Hall–Kier alpha value is -2.11. The van der Waals surface area contributed by atoms with Gasteiger partial charge in [0.25, 0.3) is 0 Å². The number of carbonyl (C=O) groups is 3. The van der Waals surface area contributed by atoms with Crippen LogP contribution in [0.15, 0.2) is 23.8 Å². The second kappa shape index (κ2) is 10.7. The lowest BCUT2D eigenvalue weighted by Crippen LogP contribution is -2.52. The predicted molar refractivity (Wildman–Crippen MR) is 123 cm³/mol. The minimum Gasteiger partial charge on any atom is -0.462 e. The fourth-order valence-electron chi connectivity index (χ4n) is 5.89. The van der Waals surface area contributed by atoms with Crippen molar-refractivity contribution in [3.05, 3.63) is 23.8 Å². The van der Waals surface area contributed by atoms with Crippen molar-refractivity contribution in [2.24, 2.45) is 22.7 Å². The molecule has 2 fully saturated rings. The minimum absolute atomic E-state index is 0.00630. The first-order valence-corrected chi connectivity index (χ1v) is 11.7. The predicted octanol–water partition coefficient (Wildman–Crippen LogP) is 5.16. The average molecular weight is 449 g/mol. The first kappa shape index (κ1) is 26.1. The van der Waals surface area contributed by atoms with E-state index in [1.807, 2.05) is 0 Å². The van der Waals surface area contributed by atoms with Crippen molar-refractivity contribution in [1.29, 1.82) is 0 Å². The van der Waals surface area contributed by atoms with Crippen LogP contribution in [0, 0.1) is 22.7 Å². The molecule has 0 aromatic rings. The molecule has 0 spiro atoms. The van der Waals surface area contributed by atoms with Crippen molar-refractivity contribution < 1.29 is 28.6 Å². The molecule has 0 aliphatic heterocycles. The molecule has 6 nitrogen and oxygen atoms in total. The highest BCUT2D eigenvalue weighted by Gasteiger charge is 2.54. The number of ether oxygens (including phenoxy) is 3. The van der Waals surface area contributed by atoms with E-state index in [9.17, 15) is 14.4 Å². The first-order chi connectivity index (χ1) is 14.9. The summed E-state index contributed by atoms with van der Waals surface area (Å²) in [7, 11) is 0. The van der Waals surface area contributed by atoms with Crippen LogP contribution in [0.1, 0.15) is 80.1 Å². The van der Waals surface area contributed by atoms with Gasteiger partial charge in [-0.05, 0) is 67.3 Å². The van der Waals surface area contributed by atoms with Crippen LogP contribution in [0.2, 0.25) is 0 Å². The molecule has 2 saturated carbocycles. The van der Waals surface area contributed by atoms with E-state index in [1.54, 1.807) is 6.08 Å². The first-order valence-electron chi connectivity index (χ1n) is 11.7. The molecule has 0 unspecified atom stereocenters. The Morgan fingerprint density at radius 2 is 1.75 bits per heavy atom. The molecule has 0 heterocycles. The van der Waals surface area contributed by atoms with Crippen LogP contribution >= 0.6 is 0 Å². The number of allylic oxidation sites excluding steroid dienone is 1. The molecule has 180 valence electrons. The molecule has 32 heavy (non-hydrogen) atoms. The minimum atomic E-state index is -0.563. The van der Waals surface area contributed by atoms with Crippen LogP contribution in [0.5, 0.6) is 0 Å². The van der Waals surface area contributed by atoms with Gasteiger partial charge >= 0.3 is 17.9 Å². The number of hydrogen-bond donors (Lipinski definition) is 0. The Labute approximate surface area is 192 Å². The summed E-state index contributed by atoms with van der Waals surface area (Å²) in [6.07, 6.45) is 7.31. The molecule has 0 aromatic carbocycles. The Morgan fingerprint density at radius 1 is 1.09 bits per heavy atom. The highest BCUT2D eigenvalue weighted by atomic mass is 16.6. The molecule has 2 aliphatic rings. The van der Waals surface area contributed by atoms with Crippen LogP contribution < -0.4 is 0 Å². The lowest BCUT2D eigenvalue weighted by Gasteiger charge is -2.59. The van der Waals surface area contributed by atoms with E-state index in [-0.39, 0.29) is 30.0 Å². The van der Waals surface area contributed by atoms with E-state index >= 15 is 0 Å². The smallest absolute Gasteiger partial charge is 0.303 e. The summed E-state index contributed by atoms with van der Waals surface area (Å²) in [6.45, 7) is 15.5. The molecule has 0 bridgehead atoms. The highest BCUT2D eigenvalue weighted by Crippen LogP contribution is 2.63. The summed E-state index contributed by atoms with van der Waals surface area (Å²) < 4.78 is 16.1. The number of fused-ring (bicyclic) bond motifs is 1. The third-order valence-electron chi connectivity index (χ3n) is 7.99. The molecular weight excluding hydrogens is 408 g/mol. The summed E-state index contributed by atoms with van der Waals surface area (Å²) in [4.78, 5) is 34.8. The van der Waals surface area contributed by atoms with Gasteiger partial charge < -0.3 is 14.2 Å². The van der Waals surface area contributed by atoms with Crippen molar-refractivity contribution in [3.63, 3.8) is 0 Å². The normalized spacial score (nSPS) is 31.3. The summed E-state index contributed by atoms with van der Waals surface area (Å²) in [5.41, 5.74) is 1.97. The van der Waals surface area contributed by atoms with E-state index in [4.69, 9.17) is 14.2 Å². The van der Waals surface area contributed by atoms with Crippen LogP contribution in [0.3, 0.4) is 0 Å². The summed E-state index contributed by atoms with van der Waals surface area (Å²) in [6, 6.07) is 0. The summed E-state index contributed by atoms with van der Waals surface area (Å²) in [5.74, 6) is -0.339. The van der Waals surface area contributed by atoms with E-state index in [2.05, 4.69) is 27.4 Å². The molecule has 0 amide bonds. The molecule has 0 aromatic heterocycles. The number of carbonyl (C=O) groups excluding carboxylic acids is 3. The Bertz CT molecular complexity index is 768. The Balaban J connectivity index is 2.40. The van der Waals surface area contributed by atoms with Gasteiger partial charge in [0.1, 0.15) is 19.3 Å². The topological polar surface area (TPSA) is 78.9 Å². The van der Waals surface area contributed by atoms with Gasteiger partial charge in [-0.1, -0.05) is 32.9 Å². The van der Waals surface area contributed by atoms with Gasteiger partial charge in [0.05, 0.1) is 0 Å². The van der Waals surface area contributed by atoms with Crippen molar-refractivity contribution in [3.8, 4) is 0 Å². The largest absolute Gasteiger partial charge is 0.462 e. The average Bonchev–Trinajstić information content (AvgIpc) is 2.68. The maximum absolute atomic E-state index is 12.0. The molecular formula is C26H40O6. The van der Waals surface area contributed by atoms with Gasteiger partial charge in [-0.3, -0.25) is 14.4 Å². The molecule has 0 saturated heterocycles. The van der Waals surface area contributed by atoms with Crippen molar-refractivity contribution >= 4 is 17.9 Å². The molecule has 6 heteroatoms. The van der Waals surface area contributed by atoms with Gasteiger partial charge in [-0.15, -0.1) is 0 Å². The maximum atomic E-state index is 12.0. The Morgan fingerprint density at radius 3 is 2.34 bits per heavy atom. The zero-order chi connectivity index (χ0) is 24.1. The fourth-order valence-corrected chi connectivity index (χ4v) is 5.89. The second-order valence-electron chi connectivity index (χ2n) is 10.1. The standard InChI is InChI=1S/C26H40O6/c1-17-9-8-10-24-25(17,6)13-11-18(2)26(24,7)15-23(32-21(5)29)22(16-31-20(4)28)12-14-30-19(3)27/h12,18,23-24H,1,8-11,13-16H2,2-7H3/b22-12+/t18-,23-,24+,25+,26+/m1/s1. The second-order valence-corrected chi connectivity index (χ2v) is 10.1. The van der Waals surface area contributed by atoms with Crippen molar-refractivity contribution in [2.45, 2.75) is 86.2 Å². The SMILES string of the molecule is C=C1CCC[C@@H]2[C@@](C)(C[C@@H](OC(C)=O)/C(=C/COC(C)=O)COC(C)=O)[C@H](C)CC[C@@]12C. The van der Waals surface area contributed by atoms with Crippen LogP contribution in [0.25, 0.3) is 0 Å². The lowest BCUT2D eigenvalue weighted by molar-refractivity contribution is -0.150. The quantitative estimate of drug-likeness (QED) is 0.290.